The minimum atomic E-state index is -4.83. The van der Waals surface area contributed by atoms with E-state index in [1.165, 1.54) is 4.72 Å². The molecule has 0 aromatic heterocycles. The second-order valence-corrected chi connectivity index (χ2v) is 7.59. The number of carbonyl (C=O) groups is 2. The van der Waals surface area contributed by atoms with E-state index in [4.69, 9.17) is 16.7 Å². The van der Waals surface area contributed by atoms with Gasteiger partial charge in [0, 0.05) is 18.1 Å². The number of nitrogens with one attached hydrogen (secondary N) is 1. The zero-order chi connectivity index (χ0) is 22.1. The summed E-state index contributed by atoms with van der Waals surface area (Å²) in [5.41, 5.74) is -2.51. The summed E-state index contributed by atoms with van der Waals surface area (Å²) in [6, 6.07) is 0.597. The van der Waals surface area contributed by atoms with Crippen LogP contribution in [0.1, 0.15) is 12.8 Å². The lowest BCUT2D eigenvalue weighted by Gasteiger charge is -2.13. The third kappa shape index (κ3) is 4.82. The van der Waals surface area contributed by atoms with Gasteiger partial charge in [0.15, 0.2) is 17.5 Å². The summed E-state index contributed by atoms with van der Waals surface area (Å²) in [5.74, 6) is -12.0. The SMILES string of the molecule is O=C(O)CCC(=O)NS(=O)(=O)c1cc(-c2c(F)cc(F)c(F)c2F)c(F)cc1Cl. The first-order chi connectivity index (χ1) is 13.3. The maximum absolute atomic E-state index is 14.2. The van der Waals surface area contributed by atoms with Crippen LogP contribution in [-0.2, 0) is 19.6 Å². The molecule has 0 unspecified atom stereocenters. The summed E-state index contributed by atoms with van der Waals surface area (Å²) >= 11 is 5.63. The molecule has 0 aliphatic heterocycles. The first-order valence-electron chi connectivity index (χ1n) is 7.45. The van der Waals surface area contributed by atoms with Crippen molar-refractivity contribution in [3.05, 3.63) is 52.3 Å². The molecule has 29 heavy (non-hydrogen) atoms. The van der Waals surface area contributed by atoms with Crippen LogP contribution >= 0.6 is 11.6 Å². The van der Waals surface area contributed by atoms with Gasteiger partial charge < -0.3 is 5.11 Å². The molecular formula is C16H9ClF5NO5S. The fraction of sp³-hybridized carbons (Fsp3) is 0.125. The normalized spacial score (nSPS) is 11.4. The van der Waals surface area contributed by atoms with Crippen LogP contribution in [0, 0.1) is 29.1 Å². The summed E-state index contributed by atoms with van der Waals surface area (Å²) in [6.07, 6.45) is -1.43. The van der Waals surface area contributed by atoms with Gasteiger partial charge in [0.05, 0.1) is 17.0 Å². The van der Waals surface area contributed by atoms with E-state index >= 15 is 0 Å². The minimum Gasteiger partial charge on any atom is -0.481 e. The molecule has 156 valence electrons. The molecule has 0 spiro atoms. The molecule has 2 N–H and O–H groups in total. The molecule has 0 atom stereocenters. The Morgan fingerprint density at radius 3 is 2.14 bits per heavy atom. The number of benzene rings is 2. The number of sulfonamides is 1. The Kier molecular flexibility index (Phi) is 6.48. The summed E-state index contributed by atoms with van der Waals surface area (Å²) in [6.45, 7) is 0. The molecule has 0 fully saturated rings. The topological polar surface area (TPSA) is 101 Å². The molecule has 6 nitrogen and oxygen atoms in total. The molecule has 1 amide bonds. The lowest BCUT2D eigenvalue weighted by atomic mass is 10.0. The molecule has 0 saturated carbocycles. The number of carbonyl (C=O) groups excluding carboxylic acids is 1. The molecule has 0 aliphatic carbocycles. The van der Waals surface area contributed by atoms with Gasteiger partial charge in [-0.15, -0.1) is 0 Å². The van der Waals surface area contributed by atoms with Gasteiger partial charge in [-0.05, 0) is 12.1 Å². The Hall–Kier alpha value is -2.73. The second-order valence-electron chi connectivity index (χ2n) is 5.53. The Labute approximate surface area is 165 Å². The van der Waals surface area contributed by atoms with Crippen molar-refractivity contribution in [3.8, 4) is 11.1 Å². The van der Waals surface area contributed by atoms with Gasteiger partial charge in [0.2, 0.25) is 5.91 Å². The highest BCUT2D eigenvalue weighted by Gasteiger charge is 2.27. The Morgan fingerprint density at radius 1 is 0.931 bits per heavy atom. The molecule has 0 bridgehead atoms. The van der Waals surface area contributed by atoms with E-state index in [2.05, 4.69) is 0 Å². The first-order valence-corrected chi connectivity index (χ1v) is 9.31. The van der Waals surface area contributed by atoms with Crippen LogP contribution < -0.4 is 4.72 Å². The molecule has 2 rings (SSSR count). The van der Waals surface area contributed by atoms with Gasteiger partial charge in [-0.3, -0.25) is 9.59 Å². The fourth-order valence-corrected chi connectivity index (χ4v) is 3.77. The standard InChI is InChI=1S/C16H9ClF5NO5S/c17-7-4-8(18)6(14-9(19)5-10(20)15(21)16(14)22)3-11(7)29(27,28)23-12(24)1-2-13(25)26/h3-5H,1-2H2,(H,23,24)(H,25,26). The Bertz CT molecular complexity index is 1120. The predicted octanol–water partition coefficient (Wildman–Crippen LogP) is 3.37. The average Bonchev–Trinajstić information content (AvgIpc) is 2.59. The van der Waals surface area contributed by atoms with E-state index in [9.17, 15) is 40.0 Å². The highest BCUT2D eigenvalue weighted by molar-refractivity contribution is 7.90. The van der Waals surface area contributed by atoms with Crippen molar-refractivity contribution in [1.82, 2.24) is 4.72 Å². The largest absolute Gasteiger partial charge is 0.481 e. The number of carboxylic acid groups (broad SMARTS) is 1. The van der Waals surface area contributed by atoms with Gasteiger partial charge in [-0.1, -0.05) is 11.6 Å². The number of hydrogen-bond acceptors (Lipinski definition) is 4. The van der Waals surface area contributed by atoms with Gasteiger partial charge in [-0.25, -0.2) is 35.1 Å². The van der Waals surface area contributed by atoms with Crippen LogP contribution in [0.2, 0.25) is 5.02 Å². The molecule has 0 saturated heterocycles. The van der Waals surface area contributed by atoms with Crippen molar-refractivity contribution in [2.24, 2.45) is 0 Å². The molecule has 2 aromatic carbocycles. The van der Waals surface area contributed by atoms with Gasteiger partial charge >= 0.3 is 5.97 Å². The molecule has 13 heteroatoms. The molecular weight excluding hydrogens is 449 g/mol. The van der Waals surface area contributed by atoms with Crippen LogP contribution in [-0.4, -0.2) is 25.4 Å². The average molecular weight is 458 g/mol. The van der Waals surface area contributed by atoms with Crippen LogP contribution in [0.25, 0.3) is 11.1 Å². The first kappa shape index (κ1) is 22.6. The number of hydrogen-bond donors (Lipinski definition) is 2. The van der Waals surface area contributed by atoms with E-state index in [1.54, 1.807) is 0 Å². The van der Waals surface area contributed by atoms with Crippen molar-refractivity contribution in [3.63, 3.8) is 0 Å². The van der Waals surface area contributed by atoms with E-state index in [0.717, 1.165) is 0 Å². The quantitative estimate of drug-likeness (QED) is 0.393. The maximum Gasteiger partial charge on any atom is 0.303 e. The third-order valence-electron chi connectivity index (χ3n) is 3.51. The summed E-state index contributed by atoms with van der Waals surface area (Å²) < 4.78 is 94.7. The zero-order valence-electron chi connectivity index (χ0n) is 13.9. The number of aliphatic carboxylic acids is 1. The number of amides is 1. The van der Waals surface area contributed by atoms with E-state index < -0.39 is 84.9 Å². The van der Waals surface area contributed by atoms with Crippen molar-refractivity contribution in [1.29, 1.82) is 0 Å². The van der Waals surface area contributed by atoms with E-state index in [-0.39, 0.29) is 6.07 Å². The van der Waals surface area contributed by atoms with Crippen molar-refractivity contribution < 1.29 is 45.1 Å². The maximum atomic E-state index is 14.2. The van der Waals surface area contributed by atoms with Crippen molar-refractivity contribution in [2.75, 3.05) is 0 Å². The predicted molar refractivity (Wildman–Crippen MR) is 88.9 cm³/mol. The molecule has 0 radical (unpaired) electrons. The summed E-state index contributed by atoms with van der Waals surface area (Å²) in [7, 11) is -4.83. The fourth-order valence-electron chi connectivity index (χ4n) is 2.22. The van der Waals surface area contributed by atoms with Crippen molar-refractivity contribution >= 4 is 33.5 Å². The molecule has 0 heterocycles. The molecule has 2 aromatic rings. The summed E-state index contributed by atoms with van der Waals surface area (Å²) in [5, 5.41) is 7.69. The highest BCUT2D eigenvalue weighted by Crippen LogP contribution is 2.35. The summed E-state index contributed by atoms with van der Waals surface area (Å²) in [4.78, 5) is 21.0. The second kappa shape index (κ2) is 8.33. The van der Waals surface area contributed by atoms with Crippen LogP contribution in [0.15, 0.2) is 23.1 Å². The number of rotatable bonds is 6. The number of halogens is 6. The monoisotopic (exact) mass is 457 g/mol. The van der Waals surface area contributed by atoms with Gasteiger partial charge in [0.1, 0.15) is 16.5 Å². The lowest BCUT2D eigenvalue weighted by Crippen LogP contribution is -2.31. The van der Waals surface area contributed by atoms with Crippen LogP contribution in [0.5, 0.6) is 0 Å². The minimum absolute atomic E-state index is 0.0658. The van der Waals surface area contributed by atoms with Crippen LogP contribution in [0.3, 0.4) is 0 Å². The Morgan fingerprint density at radius 2 is 1.55 bits per heavy atom. The van der Waals surface area contributed by atoms with Gasteiger partial charge in [0.25, 0.3) is 10.0 Å². The molecule has 0 aliphatic rings. The van der Waals surface area contributed by atoms with Crippen molar-refractivity contribution in [2.45, 2.75) is 17.7 Å². The Balaban J connectivity index is 2.57. The highest BCUT2D eigenvalue weighted by atomic mass is 35.5. The third-order valence-corrected chi connectivity index (χ3v) is 5.35. The number of carboxylic acids is 1. The van der Waals surface area contributed by atoms with E-state index in [0.29, 0.717) is 12.1 Å². The smallest absolute Gasteiger partial charge is 0.303 e. The van der Waals surface area contributed by atoms with Gasteiger partial charge in [-0.2, -0.15) is 0 Å². The van der Waals surface area contributed by atoms with Crippen LogP contribution in [0.4, 0.5) is 22.0 Å². The lowest BCUT2D eigenvalue weighted by molar-refractivity contribution is -0.138. The zero-order valence-corrected chi connectivity index (χ0v) is 15.5. The van der Waals surface area contributed by atoms with E-state index in [1.807, 2.05) is 0 Å².